The van der Waals surface area contributed by atoms with E-state index in [9.17, 15) is 13.2 Å². The molecule has 0 aliphatic heterocycles. The monoisotopic (exact) mass is 481 g/mol. The first-order chi connectivity index (χ1) is 15.8. The summed E-state index contributed by atoms with van der Waals surface area (Å²) in [6.45, 7) is 4.10. The third-order valence-electron chi connectivity index (χ3n) is 5.05. The molecule has 0 bridgehead atoms. The molecule has 0 aliphatic rings. The molecular weight excluding hydrogens is 458 g/mol. The number of methoxy groups -OCH3 is 1. The van der Waals surface area contributed by atoms with Gasteiger partial charge in [0.05, 0.1) is 22.4 Å². The normalized spacial score (nSPS) is 11.5. The van der Waals surface area contributed by atoms with Crippen LogP contribution in [0.15, 0.2) is 71.6 Å². The van der Waals surface area contributed by atoms with Gasteiger partial charge >= 0.3 is 0 Å². The molecule has 1 heterocycles. The number of nitrogens with one attached hydrogen (secondary N) is 2. The predicted octanol–water partition coefficient (Wildman–Crippen LogP) is 5.48. The molecule has 4 rings (SSSR count). The zero-order valence-corrected chi connectivity index (χ0v) is 20.0. The number of rotatable bonds is 7. The van der Waals surface area contributed by atoms with Crippen molar-refractivity contribution < 1.29 is 17.9 Å². The van der Waals surface area contributed by atoms with Gasteiger partial charge in [0.15, 0.2) is 5.13 Å². The third kappa shape index (κ3) is 4.99. The number of nitrogens with zero attached hydrogens (tertiary/aromatic N) is 1. The van der Waals surface area contributed by atoms with Gasteiger partial charge in [-0.15, -0.1) is 0 Å². The molecule has 170 valence electrons. The van der Waals surface area contributed by atoms with Gasteiger partial charge in [-0.2, -0.15) is 0 Å². The van der Waals surface area contributed by atoms with E-state index in [1.54, 1.807) is 48.5 Å². The van der Waals surface area contributed by atoms with E-state index in [4.69, 9.17) is 4.74 Å². The number of hydrogen-bond acceptors (Lipinski definition) is 6. The number of fused-ring (bicyclic) bond motifs is 1. The summed E-state index contributed by atoms with van der Waals surface area (Å²) in [6, 6.07) is 18.9. The molecule has 3 aromatic carbocycles. The van der Waals surface area contributed by atoms with Crippen molar-refractivity contribution in [3.63, 3.8) is 0 Å². The number of benzene rings is 3. The topological polar surface area (TPSA) is 97.4 Å². The summed E-state index contributed by atoms with van der Waals surface area (Å²) in [7, 11) is -2.30. The molecule has 0 atom stereocenters. The molecule has 1 aromatic heterocycles. The van der Waals surface area contributed by atoms with Gasteiger partial charge in [0.1, 0.15) is 11.3 Å². The van der Waals surface area contributed by atoms with E-state index in [1.807, 2.05) is 18.2 Å². The first-order valence-electron chi connectivity index (χ1n) is 10.2. The molecule has 0 aliphatic carbocycles. The van der Waals surface area contributed by atoms with Gasteiger partial charge in [0, 0.05) is 11.6 Å². The van der Waals surface area contributed by atoms with E-state index in [2.05, 4.69) is 28.9 Å². The minimum absolute atomic E-state index is 0.172. The number of sulfonamides is 1. The van der Waals surface area contributed by atoms with Crippen molar-refractivity contribution >= 4 is 48.3 Å². The van der Waals surface area contributed by atoms with Crippen molar-refractivity contribution in [3.8, 4) is 5.75 Å². The van der Waals surface area contributed by atoms with Crippen LogP contribution in [0.1, 0.15) is 35.7 Å². The fraction of sp³-hybridized carbons (Fsp3) is 0.167. The van der Waals surface area contributed by atoms with E-state index in [0.29, 0.717) is 38.3 Å². The second-order valence-electron chi connectivity index (χ2n) is 7.69. The lowest BCUT2D eigenvalue weighted by Gasteiger charge is -2.11. The Hall–Kier alpha value is -3.43. The SMILES string of the molecule is COc1cc(NS(=O)(=O)c2ccc(C(C)C)cc2)cc2sc(NC(=O)c3ccccc3)nc12. The maximum Gasteiger partial charge on any atom is 0.261 e. The highest BCUT2D eigenvalue weighted by atomic mass is 32.2. The van der Waals surface area contributed by atoms with Crippen LogP contribution in [0.2, 0.25) is 0 Å². The summed E-state index contributed by atoms with van der Waals surface area (Å²) < 4.78 is 34.5. The van der Waals surface area contributed by atoms with Crippen molar-refractivity contribution in [2.75, 3.05) is 17.1 Å². The molecular formula is C24H23N3O4S2. The standard InChI is InChI=1S/C24H23N3O4S2/c1-15(2)16-9-11-19(12-10-16)33(29,30)27-18-13-20(31-3)22-21(14-18)32-24(25-22)26-23(28)17-7-5-4-6-8-17/h4-15,27H,1-3H3,(H,25,26,28). The van der Waals surface area contributed by atoms with Crippen LogP contribution in [0.5, 0.6) is 5.75 Å². The number of carbonyl (C=O) groups is 1. The summed E-state index contributed by atoms with van der Waals surface area (Å²) >= 11 is 1.23. The molecule has 0 saturated heterocycles. The maximum absolute atomic E-state index is 12.9. The first-order valence-corrected chi connectivity index (χ1v) is 12.5. The second-order valence-corrected chi connectivity index (χ2v) is 10.4. The van der Waals surface area contributed by atoms with Gasteiger partial charge in [-0.1, -0.05) is 55.5 Å². The van der Waals surface area contributed by atoms with Crippen LogP contribution in [-0.2, 0) is 10.0 Å². The number of carbonyl (C=O) groups excluding carboxylic acids is 1. The Morgan fingerprint density at radius 1 is 1.03 bits per heavy atom. The van der Waals surface area contributed by atoms with E-state index in [0.717, 1.165) is 5.56 Å². The number of anilines is 2. The minimum atomic E-state index is -3.79. The second kappa shape index (κ2) is 9.21. The highest BCUT2D eigenvalue weighted by molar-refractivity contribution is 7.92. The molecule has 33 heavy (non-hydrogen) atoms. The van der Waals surface area contributed by atoms with Gasteiger partial charge in [0.25, 0.3) is 15.9 Å². The van der Waals surface area contributed by atoms with Crippen LogP contribution in [0.25, 0.3) is 10.2 Å². The zero-order valence-electron chi connectivity index (χ0n) is 18.3. The fourth-order valence-corrected chi connectivity index (χ4v) is 5.23. The summed E-state index contributed by atoms with van der Waals surface area (Å²) in [6.07, 6.45) is 0. The Morgan fingerprint density at radius 2 is 1.73 bits per heavy atom. The molecule has 4 aromatic rings. The van der Waals surface area contributed by atoms with Gasteiger partial charge in [-0.05, 0) is 41.8 Å². The number of aromatic nitrogens is 1. The Labute approximate surface area is 196 Å². The van der Waals surface area contributed by atoms with E-state index < -0.39 is 10.0 Å². The molecule has 0 spiro atoms. The number of thiazole rings is 1. The number of ether oxygens (including phenoxy) is 1. The van der Waals surface area contributed by atoms with Gasteiger partial charge in [-0.25, -0.2) is 13.4 Å². The Balaban J connectivity index is 1.61. The van der Waals surface area contributed by atoms with Gasteiger partial charge < -0.3 is 4.74 Å². The van der Waals surface area contributed by atoms with E-state index in [-0.39, 0.29) is 10.8 Å². The lowest BCUT2D eigenvalue weighted by atomic mass is 10.0. The summed E-state index contributed by atoms with van der Waals surface area (Å²) in [5.41, 5.74) is 2.46. The van der Waals surface area contributed by atoms with Crippen LogP contribution in [-0.4, -0.2) is 26.4 Å². The highest BCUT2D eigenvalue weighted by Crippen LogP contribution is 2.36. The molecule has 1 amide bonds. The van der Waals surface area contributed by atoms with Crippen molar-refractivity contribution in [2.24, 2.45) is 0 Å². The Kier molecular flexibility index (Phi) is 6.35. The lowest BCUT2D eigenvalue weighted by molar-refractivity contribution is 0.102. The van der Waals surface area contributed by atoms with Crippen molar-refractivity contribution in [1.29, 1.82) is 0 Å². The van der Waals surface area contributed by atoms with E-state index in [1.165, 1.54) is 18.4 Å². The van der Waals surface area contributed by atoms with Crippen LogP contribution in [0.4, 0.5) is 10.8 Å². The predicted molar refractivity (Wildman–Crippen MR) is 132 cm³/mol. The van der Waals surface area contributed by atoms with Crippen molar-refractivity contribution in [2.45, 2.75) is 24.7 Å². The van der Waals surface area contributed by atoms with Crippen LogP contribution in [0.3, 0.4) is 0 Å². The molecule has 2 N–H and O–H groups in total. The van der Waals surface area contributed by atoms with Crippen LogP contribution in [0, 0.1) is 0 Å². The molecule has 7 nitrogen and oxygen atoms in total. The van der Waals surface area contributed by atoms with Crippen molar-refractivity contribution in [3.05, 3.63) is 77.9 Å². The number of amides is 1. The molecule has 0 saturated carbocycles. The molecule has 9 heteroatoms. The summed E-state index contributed by atoms with van der Waals surface area (Å²) in [5, 5.41) is 3.17. The zero-order chi connectivity index (χ0) is 23.6. The first kappa shape index (κ1) is 22.8. The highest BCUT2D eigenvalue weighted by Gasteiger charge is 2.18. The molecule has 0 unspecified atom stereocenters. The Morgan fingerprint density at radius 3 is 2.36 bits per heavy atom. The molecule has 0 radical (unpaired) electrons. The fourth-order valence-electron chi connectivity index (χ4n) is 3.27. The van der Waals surface area contributed by atoms with Crippen LogP contribution >= 0.6 is 11.3 Å². The molecule has 0 fully saturated rings. The van der Waals surface area contributed by atoms with Crippen LogP contribution < -0.4 is 14.8 Å². The van der Waals surface area contributed by atoms with Gasteiger partial charge in [-0.3, -0.25) is 14.8 Å². The summed E-state index contributed by atoms with van der Waals surface area (Å²) in [5.74, 6) is 0.431. The Bertz CT molecular complexity index is 1400. The average Bonchev–Trinajstić information content (AvgIpc) is 3.21. The van der Waals surface area contributed by atoms with Crippen molar-refractivity contribution in [1.82, 2.24) is 4.98 Å². The lowest BCUT2D eigenvalue weighted by Crippen LogP contribution is -2.13. The largest absolute Gasteiger partial charge is 0.494 e. The maximum atomic E-state index is 12.9. The van der Waals surface area contributed by atoms with E-state index >= 15 is 0 Å². The number of hydrogen-bond donors (Lipinski definition) is 2. The summed E-state index contributed by atoms with van der Waals surface area (Å²) in [4.78, 5) is 17.1. The minimum Gasteiger partial charge on any atom is -0.494 e. The third-order valence-corrected chi connectivity index (χ3v) is 7.36. The smallest absolute Gasteiger partial charge is 0.261 e. The average molecular weight is 482 g/mol. The quantitative estimate of drug-likeness (QED) is 0.364. The van der Waals surface area contributed by atoms with Gasteiger partial charge in [0.2, 0.25) is 0 Å².